The number of carboxylic acids is 1. The van der Waals surface area contributed by atoms with Gasteiger partial charge in [-0.1, -0.05) is 11.6 Å². The smallest absolute Gasteiger partial charge is 0.495 e. The van der Waals surface area contributed by atoms with Crippen molar-refractivity contribution >= 4 is 30.3 Å². The monoisotopic (exact) mass is 335 g/mol. The number of benzene rings is 1. The largest absolute Gasteiger partial charge is 0.549 e. The van der Waals surface area contributed by atoms with E-state index in [1.807, 2.05) is 52.8 Å². The predicted molar refractivity (Wildman–Crippen MR) is 91.8 cm³/mol. The Morgan fingerprint density at radius 3 is 2.13 bits per heavy atom. The van der Waals surface area contributed by atoms with Crippen molar-refractivity contribution in [1.29, 1.82) is 0 Å². The van der Waals surface area contributed by atoms with E-state index in [1.54, 1.807) is 13.8 Å². The number of carboxylic acid groups (broad SMARTS) is 1. The van der Waals surface area contributed by atoms with Crippen molar-refractivity contribution in [2.75, 3.05) is 0 Å². The Balaban J connectivity index is 2.23. The molecule has 0 bridgehead atoms. The zero-order chi connectivity index (χ0) is 17.6. The summed E-state index contributed by atoms with van der Waals surface area (Å²) in [6.07, 6.45) is 0. The van der Waals surface area contributed by atoms with Gasteiger partial charge in [0.1, 0.15) is 0 Å². The first-order valence-corrected chi connectivity index (χ1v) is 8.54. The lowest BCUT2D eigenvalue weighted by atomic mass is 9.76. The number of aryl methyl sites for hydroxylation is 1. The van der Waals surface area contributed by atoms with Crippen molar-refractivity contribution in [1.82, 2.24) is 0 Å². The Morgan fingerprint density at radius 1 is 1.17 bits per heavy atom. The van der Waals surface area contributed by atoms with Crippen LogP contribution in [0.3, 0.4) is 0 Å². The summed E-state index contributed by atoms with van der Waals surface area (Å²) in [4.78, 5) is 12.0. The topological polar surface area (TPSA) is 58.6 Å². The molecule has 23 heavy (non-hydrogen) atoms. The van der Waals surface area contributed by atoms with Gasteiger partial charge >= 0.3 is 7.12 Å². The second-order valence-corrected chi connectivity index (χ2v) is 9.20. The third kappa shape index (κ3) is 3.59. The van der Waals surface area contributed by atoms with Crippen LogP contribution >= 0.6 is 11.8 Å². The van der Waals surface area contributed by atoms with Gasteiger partial charge in [0.05, 0.1) is 21.9 Å². The summed E-state index contributed by atoms with van der Waals surface area (Å²) in [6, 6.07) is 5.82. The standard InChI is InChI=1S/C17H25BO4S/c1-11-10-12(23-15(2,3)14(19)20)8-9-13(11)18-21-16(4,5)17(6,7)22-18/h8-10H,1-7H3,(H,19,20)/p-1. The average molecular weight is 335 g/mol. The first-order valence-electron chi connectivity index (χ1n) is 7.72. The molecule has 0 spiro atoms. The first kappa shape index (κ1) is 18.4. The Kier molecular flexibility index (Phi) is 4.66. The fourth-order valence-electron chi connectivity index (χ4n) is 2.28. The van der Waals surface area contributed by atoms with E-state index < -0.39 is 17.8 Å². The highest BCUT2D eigenvalue weighted by atomic mass is 32.2. The van der Waals surface area contributed by atoms with Gasteiger partial charge in [0.25, 0.3) is 0 Å². The first-order chi connectivity index (χ1) is 10.4. The minimum Gasteiger partial charge on any atom is -0.549 e. The Hall–Kier alpha value is -0.975. The van der Waals surface area contributed by atoms with Gasteiger partial charge < -0.3 is 19.2 Å². The summed E-state index contributed by atoms with van der Waals surface area (Å²) >= 11 is 1.28. The summed E-state index contributed by atoms with van der Waals surface area (Å²) in [7, 11) is -0.409. The zero-order valence-corrected chi connectivity index (χ0v) is 15.7. The highest BCUT2D eigenvalue weighted by Gasteiger charge is 2.52. The molecule has 4 nitrogen and oxygen atoms in total. The molecule has 0 N–H and O–H groups in total. The van der Waals surface area contributed by atoms with Crippen LogP contribution in [-0.2, 0) is 14.1 Å². The molecule has 0 amide bonds. The molecule has 2 rings (SSSR count). The normalized spacial score (nSPS) is 19.9. The van der Waals surface area contributed by atoms with Crippen molar-refractivity contribution < 1.29 is 19.2 Å². The fraction of sp³-hybridized carbons (Fsp3) is 0.588. The minimum absolute atomic E-state index is 0.380. The summed E-state index contributed by atoms with van der Waals surface area (Å²) in [5.41, 5.74) is 1.23. The fourth-order valence-corrected chi connectivity index (χ4v) is 3.33. The number of carbonyl (C=O) groups excluding carboxylic acids is 1. The van der Waals surface area contributed by atoms with Gasteiger partial charge in [-0.15, -0.1) is 11.8 Å². The van der Waals surface area contributed by atoms with Crippen LogP contribution in [0.2, 0.25) is 0 Å². The van der Waals surface area contributed by atoms with Crippen LogP contribution < -0.4 is 10.6 Å². The van der Waals surface area contributed by atoms with Gasteiger partial charge in [-0.2, -0.15) is 0 Å². The summed E-state index contributed by atoms with van der Waals surface area (Å²) in [5.74, 6) is -1.07. The van der Waals surface area contributed by atoms with Gasteiger partial charge in [0.2, 0.25) is 0 Å². The van der Waals surface area contributed by atoms with E-state index in [-0.39, 0.29) is 11.2 Å². The molecule has 0 radical (unpaired) electrons. The molecule has 6 heteroatoms. The van der Waals surface area contributed by atoms with Crippen LogP contribution in [0.5, 0.6) is 0 Å². The SMILES string of the molecule is Cc1cc(SC(C)(C)C(=O)[O-])ccc1B1OC(C)(C)C(C)(C)O1. The predicted octanol–water partition coefficient (Wildman–Crippen LogP) is 1.91. The second-order valence-electron chi connectivity index (χ2n) is 7.51. The number of hydrogen-bond acceptors (Lipinski definition) is 5. The van der Waals surface area contributed by atoms with Crippen molar-refractivity contribution in [3.63, 3.8) is 0 Å². The molecule has 0 atom stereocenters. The van der Waals surface area contributed by atoms with Gasteiger partial charge in [0.15, 0.2) is 0 Å². The molecule has 0 aromatic heterocycles. The van der Waals surface area contributed by atoms with E-state index in [2.05, 4.69) is 0 Å². The van der Waals surface area contributed by atoms with Crippen molar-refractivity contribution in [3.05, 3.63) is 23.8 Å². The van der Waals surface area contributed by atoms with E-state index in [0.717, 1.165) is 15.9 Å². The number of carbonyl (C=O) groups is 1. The van der Waals surface area contributed by atoms with E-state index in [0.29, 0.717) is 0 Å². The maximum Gasteiger partial charge on any atom is 0.495 e. The maximum atomic E-state index is 11.2. The number of hydrogen-bond donors (Lipinski definition) is 0. The number of aliphatic carboxylic acids is 1. The third-order valence-electron chi connectivity index (χ3n) is 4.61. The van der Waals surface area contributed by atoms with Crippen LogP contribution in [-0.4, -0.2) is 29.0 Å². The van der Waals surface area contributed by atoms with E-state index >= 15 is 0 Å². The average Bonchev–Trinajstić information content (AvgIpc) is 2.57. The number of rotatable bonds is 4. The molecule has 0 unspecified atom stereocenters. The third-order valence-corrected chi connectivity index (χ3v) is 5.78. The Labute approximate surface area is 143 Å². The molecule has 1 aromatic carbocycles. The maximum absolute atomic E-state index is 11.2. The van der Waals surface area contributed by atoms with Crippen molar-refractivity contribution in [2.45, 2.75) is 69.3 Å². The highest BCUT2D eigenvalue weighted by Crippen LogP contribution is 2.37. The van der Waals surface area contributed by atoms with Crippen LogP contribution in [0.25, 0.3) is 0 Å². The molecular formula is C17H24BO4S-. The molecule has 0 saturated carbocycles. The Morgan fingerprint density at radius 2 is 1.70 bits per heavy atom. The molecule has 1 fully saturated rings. The summed E-state index contributed by atoms with van der Waals surface area (Å²) in [6.45, 7) is 13.4. The van der Waals surface area contributed by atoms with Crippen LogP contribution in [0, 0.1) is 6.92 Å². The molecule has 126 valence electrons. The molecule has 1 aromatic rings. The second kappa shape index (κ2) is 5.83. The van der Waals surface area contributed by atoms with Crippen molar-refractivity contribution in [2.24, 2.45) is 0 Å². The van der Waals surface area contributed by atoms with E-state index in [4.69, 9.17) is 9.31 Å². The Bertz CT molecular complexity index is 609. The van der Waals surface area contributed by atoms with Gasteiger partial charge in [0, 0.05) is 4.90 Å². The quantitative estimate of drug-likeness (QED) is 0.621. The molecule has 1 aliphatic heterocycles. The molecular weight excluding hydrogens is 311 g/mol. The van der Waals surface area contributed by atoms with Crippen molar-refractivity contribution in [3.8, 4) is 0 Å². The lowest BCUT2D eigenvalue weighted by Crippen LogP contribution is -2.41. The molecule has 1 aliphatic rings. The lowest BCUT2D eigenvalue weighted by molar-refractivity contribution is -0.308. The van der Waals surface area contributed by atoms with Crippen LogP contribution in [0.1, 0.15) is 47.1 Å². The van der Waals surface area contributed by atoms with Gasteiger partial charge in [-0.25, -0.2) is 0 Å². The van der Waals surface area contributed by atoms with Gasteiger partial charge in [-0.3, -0.25) is 0 Å². The highest BCUT2D eigenvalue weighted by molar-refractivity contribution is 8.01. The van der Waals surface area contributed by atoms with Crippen LogP contribution in [0.4, 0.5) is 0 Å². The minimum atomic E-state index is -1.07. The lowest BCUT2D eigenvalue weighted by Gasteiger charge is -2.32. The zero-order valence-electron chi connectivity index (χ0n) is 14.9. The van der Waals surface area contributed by atoms with E-state index in [9.17, 15) is 9.90 Å². The summed E-state index contributed by atoms with van der Waals surface area (Å²) < 4.78 is 11.2. The van der Waals surface area contributed by atoms with E-state index in [1.165, 1.54) is 11.8 Å². The molecule has 1 saturated heterocycles. The molecule has 1 heterocycles. The molecule has 0 aliphatic carbocycles. The number of thioether (sulfide) groups is 1. The van der Waals surface area contributed by atoms with Crippen LogP contribution in [0.15, 0.2) is 23.1 Å². The van der Waals surface area contributed by atoms with Gasteiger partial charge in [-0.05, 0) is 66.1 Å². The summed E-state index contributed by atoms with van der Waals surface area (Å²) in [5, 5.41) is 11.2.